The summed E-state index contributed by atoms with van der Waals surface area (Å²) in [5, 5.41) is 7.30. The highest BCUT2D eigenvalue weighted by Crippen LogP contribution is 2.39. The number of anilines is 1. The second-order valence-corrected chi connectivity index (χ2v) is 8.00. The minimum absolute atomic E-state index is 0.0651. The van der Waals surface area contributed by atoms with E-state index in [4.69, 9.17) is 27.1 Å². The minimum atomic E-state index is -0.337. The summed E-state index contributed by atoms with van der Waals surface area (Å²) in [7, 11) is 1.56. The zero-order chi connectivity index (χ0) is 20.5. The molecular formula is C20H24N4O3S. The molecule has 0 saturated heterocycles. The van der Waals surface area contributed by atoms with Gasteiger partial charge in [0.05, 0.1) is 18.5 Å². The zero-order valence-corrected chi connectivity index (χ0v) is 17.2. The van der Waals surface area contributed by atoms with Gasteiger partial charge in [0.2, 0.25) is 0 Å². The van der Waals surface area contributed by atoms with Crippen molar-refractivity contribution in [2.75, 3.05) is 12.4 Å². The number of nitrogens with two attached hydrogens (primary N) is 1. The lowest BCUT2D eigenvalue weighted by Crippen LogP contribution is -2.31. The van der Waals surface area contributed by atoms with E-state index in [-0.39, 0.29) is 22.2 Å². The number of ether oxygens (including phenoxy) is 1. The molecule has 0 unspecified atom stereocenters. The molecule has 0 bridgehead atoms. The number of para-hydroxylation sites is 2. The van der Waals surface area contributed by atoms with Gasteiger partial charge in [-0.15, -0.1) is 0 Å². The van der Waals surface area contributed by atoms with Gasteiger partial charge in [-0.25, -0.2) is 0 Å². The first-order valence-electron chi connectivity index (χ1n) is 8.91. The van der Waals surface area contributed by atoms with Crippen LogP contribution >= 0.6 is 12.2 Å². The standard InChI is InChI=1S/C20H24N4O3S/c1-11-16-13(23-24-19(21)28)9-20(2,3)10-15(16)27-17(11)18(25)22-12-7-5-6-8-14(12)26-4/h5-8H,9-10H2,1-4H3,(H,22,25)(H3,21,24,28)/b23-13-. The van der Waals surface area contributed by atoms with E-state index < -0.39 is 0 Å². The molecule has 148 valence electrons. The molecule has 1 heterocycles. The second-order valence-electron chi connectivity index (χ2n) is 7.56. The molecule has 1 aromatic heterocycles. The minimum Gasteiger partial charge on any atom is -0.495 e. The molecule has 0 radical (unpaired) electrons. The summed E-state index contributed by atoms with van der Waals surface area (Å²) >= 11 is 4.86. The van der Waals surface area contributed by atoms with E-state index in [2.05, 4.69) is 29.7 Å². The van der Waals surface area contributed by atoms with Crippen LogP contribution in [0.4, 0.5) is 5.69 Å². The average Bonchev–Trinajstić information content (AvgIpc) is 2.95. The third-order valence-electron chi connectivity index (χ3n) is 4.66. The van der Waals surface area contributed by atoms with Gasteiger partial charge in [-0.2, -0.15) is 5.10 Å². The van der Waals surface area contributed by atoms with Crippen LogP contribution in [0.1, 0.15) is 47.7 Å². The number of furan rings is 1. The predicted molar refractivity (Wildman–Crippen MR) is 113 cm³/mol. The highest BCUT2D eigenvalue weighted by Gasteiger charge is 2.36. The van der Waals surface area contributed by atoms with E-state index in [0.29, 0.717) is 24.3 Å². The second kappa shape index (κ2) is 7.63. The molecule has 0 aliphatic heterocycles. The van der Waals surface area contributed by atoms with Crippen LogP contribution in [0, 0.1) is 12.3 Å². The monoisotopic (exact) mass is 400 g/mol. The first-order chi connectivity index (χ1) is 13.2. The fourth-order valence-electron chi connectivity index (χ4n) is 3.48. The van der Waals surface area contributed by atoms with E-state index in [0.717, 1.165) is 22.6 Å². The molecule has 1 aliphatic rings. The molecule has 0 saturated carbocycles. The lowest BCUT2D eigenvalue weighted by Gasteiger charge is -2.29. The van der Waals surface area contributed by atoms with Gasteiger partial charge in [-0.05, 0) is 43.1 Å². The summed E-state index contributed by atoms with van der Waals surface area (Å²) in [5.74, 6) is 1.24. The van der Waals surface area contributed by atoms with Crippen LogP contribution < -0.4 is 21.2 Å². The number of nitrogens with zero attached hydrogens (tertiary/aromatic N) is 1. The summed E-state index contributed by atoms with van der Waals surface area (Å²) in [6.07, 6.45) is 1.42. The number of rotatable bonds is 4. The Morgan fingerprint density at radius 2 is 2.04 bits per heavy atom. The number of carbonyl (C=O) groups is 1. The van der Waals surface area contributed by atoms with Crippen molar-refractivity contribution in [2.45, 2.75) is 33.6 Å². The molecular weight excluding hydrogens is 376 g/mol. The number of amides is 1. The predicted octanol–water partition coefficient (Wildman–Crippen LogP) is 3.36. The number of benzene rings is 1. The van der Waals surface area contributed by atoms with Crippen LogP contribution in [-0.4, -0.2) is 23.8 Å². The molecule has 4 N–H and O–H groups in total. The summed E-state index contributed by atoms with van der Waals surface area (Å²) in [6, 6.07) is 7.22. The Labute approximate surface area is 169 Å². The van der Waals surface area contributed by atoms with Crippen molar-refractivity contribution in [3.63, 3.8) is 0 Å². The molecule has 8 heteroatoms. The van der Waals surface area contributed by atoms with Gasteiger partial charge < -0.3 is 20.2 Å². The fraction of sp³-hybridized carbons (Fsp3) is 0.350. The van der Waals surface area contributed by atoms with Gasteiger partial charge in [-0.3, -0.25) is 10.2 Å². The lowest BCUT2D eigenvalue weighted by atomic mass is 9.75. The maximum atomic E-state index is 12.9. The Morgan fingerprint density at radius 1 is 1.32 bits per heavy atom. The van der Waals surface area contributed by atoms with Crippen molar-refractivity contribution >= 4 is 34.6 Å². The molecule has 1 amide bonds. The average molecular weight is 401 g/mol. The summed E-state index contributed by atoms with van der Waals surface area (Å²) in [5.41, 5.74) is 11.0. The first-order valence-corrected chi connectivity index (χ1v) is 9.31. The molecule has 1 aromatic carbocycles. The number of hydrazone groups is 1. The zero-order valence-electron chi connectivity index (χ0n) is 16.4. The Bertz CT molecular complexity index is 962. The summed E-state index contributed by atoms with van der Waals surface area (Å²) < 4.78 is 11.3. The van der Waals surface area contributed by atoms with Crippen molar-refractivity contribution in [2.24, 2.45) is 16.3 Å². The van der Waals surface area contributed by atoms with E-state index in [9.17, 15) is 4.79 Å². The van der Waals surface area contributed by atoms with Gasteiger partial charge in [0, 0.05) is 17.5 Å². The molecule has 3 rings (SSSR count). The number of carbonyl (C=O) groups excluding carboxylic acids is 1. The topological polar surface area (TPSA) is 102 Å². The number of fused-ring (bicyclic) bond motifs is 1. The van der Waals surface area contributed by atoms with Gasteiger partial charge in [0.1, 0.15) is 11.5 Å². The van der Waals surface area contributed by atoms with E-state index in [1.807, 2.05) is 19.1 Å². The van der Waals surface area contributed by atoms with Crippen molar-refractivity contribution in [3.8, 4) is 5.75 Å². The Balaban J connectivity index is 1.98. The smallest absolute Gasteiger partial charge is 0.291 e. The molecule has 2 aromatic rings. The number of methoxy groups -OCH3 is 1. The van der Waals surface area contributed by atoms with Crippen LogP contribution in [0.5, 0.6) is 5.75 Å². The van der Waals surface area contributed by atoms with Crippen molar-refractivity contribution in [3.05, 3.63) is 46.9 Å². The fourth-order valence-corrected chi connectivity index (χ4v) is 3.52. The van der Waals surface area contributed by atoms with Gasteiger partial charge in [-0.1, -0.05) is 26.0 Å². The van der Waals surface area contributed by atoms with Crippen LogP contribution in [0.25, 0.3) is 0 Å². The van der Waals surface area contributed by atoms with Crippen molar-refractivity contribution in [1.29, 1.82) is 0 Å². The molecule has 28 heavy (non-hydrogen) atoms. The van der Waals surface area contributed by atoms with E-state index in [1.165, 1.54) is 0 Å². The van der Waals surface area contributed by atoms with Crippen LogP contribution in [0.15, 0.2) is 33.8 Å². The quantitative estimate of drug-likeness (QED) is 0.537. The van der Waals surface area contributed by atoms with E-state index >= 15 is 0 Å². The number of hydrogen-bond acceptors (Lipinski definition) is 5. The highest BCUT2D eigenvalue weighted by atomic mass is 32.1. The first kappa shape index (κ1) is 19.9. The maximum absolute atomic E-state index is 12.9. The van der Waals surface area contributed by atoms with Crippen LogP contribution in [-0.2, 0) is 6.42 Å². The van der Waals surface area contributed by atoms with Crippen molar-refractivity contribution < 1.29 is 13.9 Å². The highest BCUT2D eigenvalue weighted by molar-refractivity contribution is 7.80. The van der Waals surface area contributed by atoms with Gasteiger partial charge >= 0.3 is 0 Å². The summed E-state index contributed by atoms with van der Waals surface area (Å²) in [4.78, 5) is 12.9. The molecule has 0 atom stereocenters. The maximum Gasteiger partial charge on any atom is 0.291 e. The molecule has 0 fully saturated rings. The van der Waals surface area contributed by atoms with E-state index in [1.54, 1.807) is 19.2 Å². The Morgan fingerprint density at radius 3 is 2.71 bits per heavy atom. The Kier molecular flexibility index (Phi) is 5.42. The largest absolute Gasteiger partial charge is 0.495 e. The summed E-state index contributed by atoms with van der Waals surface area (Å²) in [6.45, 7) is 6.10. The van der Waals surface area contributed by atoms with Crippen LogP contribution in [0.2, 0.25) is 0 Å². The molecule has 0 spiro atoms. The third kappa shape index (κ3) is 4.01. The molecule has 7 nitrogen and oxygen atoms in total. The normalized spacial score (nSPS) is 16.4. The van der Waals surface area contributed by atoms with Gasteiger partial charge in [0.25, 0.3) is 5.91 Å². The molecule has 1 aliphatic carbocycles. The number of nitrogens with one attached hydrogen (secondary N) is 2. The lowest BCUT2D eigenvalue weighted by molar-refractivity contribution is 0.0992. The SMILES string of the molecule is COc1ccccc1NC(=O)c1oc2c(c1C)/C(=N\NC(N)=S)CC(C)(C)C2. The van der Waals surface area contributed by atoms with Gasteiger partial charge in [0.15, 0.2) is 10.9 Å². The van der Waals surface area contributed by atoms with Crippen molar-refractivity contribution in [1.82, 2.24) is 5.43 Å². The third-order valence-corrected chi connectivity index (χ3v) is 4.75. The Hall–Kier alpha value is -2.87. The number of hydrogen-bond donors (Lipinski definition) is 3. The van der Waals surface area contributed by atoms with Crippen LogP contribution in [0.3, 0.4) is 0 Å². The number of thiocarbonyl (C=S) groups is 1.